The number of amides is 1. The second kappa shape index (κ2) is 7.43. The number of nitrogens with zero attached hydrogens (tertiary/aromatic N) is 2. The molecule has 1 aromatic carbocycles. The van der Waals surface area contributed by atoms with Crippen LogP contribution in [0.4, 0.5) is 11.4 Å². The first kappa shape index (κ1) is 15.8. The Morgan fingerprint density at radius 2 is 2.10 bits per heavy atom. The maximum Gasteiger partial charge on any atom is 0.238 e. The largest absolute Gasteiger partial charge is 0.399 e. The normalized spacial score (nSPS) is 15.6. The van der Waals surface area contributed by atoms with E-state index in [1.165, 1.54) is 25.9 Å². The predicted octanol–water partition coefficient (Wildman–Crippen LogP) is 1.54. The van der Waals surface area contributed by atoms with E-state index in [0.29, 0.717) is 12.2 Å². The van der Waals surface area contributed by atoms with Crippen LogP contribution >= 0.6 is 0 Å². The number of anilines is 2. The lowest BCUT2D eigenvalue weighted by molar-refractivity contribution is -0.117. The molecule has 1 aliphatic heterocycles. The Bertz CT molecular complexity index is 483. The SMILES string of the molecule is Cc1cc(N)ccc1NC(=O)CN(C)CCN1CCCC1. The summed E-state index contributed by atoms with van der Waals surface area (Å²) in [5.41, 5.74) is 8.25. The van der Waals surface area contributed by atoms with Crippen LogP contribution in [0.2, 0.25) is 0 Å². The van der Waals surface area contributed by atoms with Crippen LogP contribution in [0.5, 0.6) is 0 Å². The molecule has 0 radical (unpaired) electrons. The summed E-state index contributed by atoms with van der Waals surface area (Å²) >= 11 is 0. The van der Waals surface area contributed by atoms with Crippen LogP contribution in [-0.2, 0) is 4.79 Å². The number of hydrogen-bond acceptors (Lipinski definition) is 4. The van der Waals surface area contributed by atoms with Gasteiger partial charge in [-0.15, -0.1) is 0 Å². The maximum atomic E-state index is 12.1. The number of carbonyl (C=O) groups is 1. The van der Waals surface area contributed by atoms with Gasteiger partial charge in [0.15, 0.2) is 0 Å². The fourth-order valence-corrected chi connectivity index (χ4v) is 2.66. The minimum Gasteiger partial charge on any atom is -0.399 e. The highest BCUT2D eigenvalue weighted by molar-refractivity contribution is 5.93. The molecule has 1 aliphatic rings. The van der Waals surface area contributed by atoms with Crippen molar-refractivity contribution < 1.29 is 4.79 Å². The predicted molar refractivity (Wildman–Crippen MR) is 87.4 cm³/mol. The van der Waals surface area contributed by atoms with Crippen LogP contribution < -0.4 is 11.1 Å². The number of hydrogen-bond donors (Lipinski definition) is 2. The van der Waals surface area contributed by atoms with Gasteiger partial charge in [0, 0.05) is 24.5 Å². The molecule has 0 spiro atoms. The van der Waals surface area contributed by atoms with Gasteiger partial charge >= 0.3 is 0 Å². The summed E-state index contributed by atoms with van der Waals surface area (Å²) < 4.78 is 0. The number of nitrogen functional groups attached to an aromatic ring is 1. The fraction of sp³-hybridized carbons (Fsp3) is 0.562. The quantitative estimate of drug-likeness (QED) is 0.780. The number of nitrogens with one attached hydrogen (secondary N) is 1. The fourth-order valence-electron chi connectivity index (χ4n) is 2.66. The molecule has 3 N–H and O–H groups in total. The summed E-state index contributed by atoms with van der Waals surface area (Å²) in [6.45, 7) is 6.73. The topological polar surface area (TPSA) is 61.6 Å². The van der Waals surface area contributed by atoms with Crippen molar-refractivity contribution in [3.8, 4) is 0 Å². The van der Waals surface area contributed by atoms with Gasteiger partial charge in [-0.1, -0.05) is 0 Å². The summed E-state index contributed by atoms with van der Waals surface area (Å²) in [4.78, 5) is 16.6. The molecule has 5 nitrogen and oxygen atoms in total. The van der Waals surface area contributed by atoms with Crippen molar-refractivity contribution >= 4 is 17.3 Å². The lowest BCUT2D eigenvalue weighted by Crippen LogP contribution is -2.36. The minimum atomic E-state index is 0.0202. The van der Waals surface area contributed by atoms with Crippen molar-refractivity contribution in [3.63, 3.8) is 0 Å². The van der Waals surface area contributed by atoms with Crippen molar-refractivity contribution in [1.29, 1.82) is 0 Å². The standard InChI is InChI=1S/C16H26N4O/c1-13-11-14(17)5-6-15(13)18-16(21)12-19(2)9-10-20-7-3-4-8-20/h5-6,11H,3-4,7-10,12,17H2,1-2H3,(H,18,21). The van der Waals surface area contributed by atoms with Gasteiger partial charge in [0.25, 0.3) is 0 Å². The Morgan fingerprint density at radius 3 is 2.76 bits per heavy atom. The van der Waals surface area contributed by atoms with Gasteiger partial charge in [0.05, 0.1) is 6.54 Å². The Balaban J connectivity index is 1.75. The monoisotopic (exact) mass is 290 g/mol. The van der Waals surface area contributed by atoms with Crippen LogP contribution in [0.15, 0.2) is 18.2 Å². The van der Waals surface area contributed by atoms with E-state index >= 15 is 0 Å². The van der Waals surface area contributed by atoms with Crippen molar-refractivity contribution in [1.82, 2.24) is 9.80 Å². The molecule has 5 heteroatoms. The number of rotatable bonds is 6. The molecular weight excluding hydrogens is 264 g/mol. The van der Waals surface area contributed by atoms with E-state index in [1.807, 2.05) is 26.1 Å². The van der Waals surface area contributed by atoms with Gasteiger partial charge in [-0.05, 0) is 63.7 Å². The van der Waals surface area contributed by atoms with Crippen molar-refractivity contribution in [2.45, 2.75) is 19.8 Å². The molecule has 0 aromatic heterocycles. The highest BCUT2D eigenvalue weighted by Gasteiger charge is 2.13. The number of likely N-dealkylation sites (N-methyl/N-ethyl adjacent to an activating group) is 1. The molecule has 1 heterocycles. The summed E-state index contributed by atoms with van der Waals surface area (Å²) in [6, 6.07) is 5.53. The van der Waals surface area contributed by atoms with Crippen LogP contribution in [0.1, 0.15) is 18.4 Å². The van der Waals surface area contributed by atoms with Gasteiger partial charge in [-0.3, -0.25) is 9.69 Å². The first-order valence-electron chi connectivity index (χ1n) is 7.61. The van der Waals surface area contributed by atoms with E-state index in [1.54, 1.807) is 6.07 Å². The highest BCUT2D eigenvalue weighted by atomic mass is 16.2. The number of likely N-dealkylation sites (tertiary alicyclic amines) is 1. The first-order valence-corrected chi connectivity index (χ1v) is 7.61. The van der Waals surface area contributed by atoms with Gasteiger partial charge in [0.2, 0.25) is 5.91 Å². The molecule has 2 rings (SSSR count). The number of carbonyl (C=O) groups excluding carboxylic acids is 1. The summed E-state index contributed by atoms with van der Waals surface area (Å²) in [6.07, 6.45) is 2.61. The molecule has 116 valence electrons. The lowest BCUT2D eigenvalue weighted by atomic mass is 10.2. The Labute approximate surface area is 127 Å². The molecule has 0 bridgehead atoms. The molecule has 1 amide bonds. The molecule has 0 unspecified atom stereocenters. The minimum absolute atomic E-state index is 0.0202. The molecule has 0 atom stereocenters. The molecule has 0 aliphatic carbocycles. The van der Waals surface area contributed by atoms with Crippen LogP contribution in [0.3, 0.4) is 0 Å². The molecule has 1 saturated heterocycles. The molecular formula is C16H26N4O. The average Bonchev–Trinajstić information content (AvgIpc) is 2.93. The second-order valence-corrected chi connectivity index (χ2v) is 5.91. The Hall–Kier alpha value is -1.59. The summed E-state index contributed by atoms with van der Waals surface area (Å²) in [7, 11) is 1.99. The van der Waals surface area contributed by atoms with E-state index in [0.717, 1.165) is 24.3 Å². The van der Waals surface area contributed by atoms with Crippen LogP contribution in [0, 0.1) is 6.92 Å². The smallest absolute Gasteiger partial charge is 0.238 e. The first-order chi connectivity index (χ1) is 10.0. The lowest BCUT2D eigenvalue weighted by Gasteiger charge is -2.21. The van der Waals surface area contributed by atoms with Crippen molar-refractivity contribution in [3.05, 3.63) is 23.8 Å². The number of nitrogens with two attached hydrogens (primary N) is 1. The van der Waals surface area contributed by atoms with Crippen LogP contribution in [0.25, 0.3) is 0 Å². The van der Waals surface area contributed by atoms with E-state index in [9.17, 15) is 4.79 Å². The van der Waals surface area contributed by atoms with Gasteiger partial charge in [-0.25, -0.2) is 0 Å². The van der Waals surface area contributed by atoms with Crippen molar-refractivity contribution in [2.75, 3.05) is 50.8 Å². The zero-order valence-corrected chi connectivity index (χ0v) is 13.1. The van der Waals surface area contributed by atoms with Gasteiger partial charge < -0.3 is 16.0 Å². The summed E-state index contributed by atoms with van der Waals surface area (Å²) in [5.74, 6) is 0.0202. The third-order valence-electron chi connectivity index (χ3n) is 3.93. The van der Waals surface area contributed by atoms with E-state index < -0.39 is 0 Å². The van der Waals surface area contributed by atoms with Crippen LogP contribution in [-0.4, -0.2) is 55.5 Å². The second-order valence-electron chi connectivity index (χ2n) is 5.91. The third-order valence-corrected chi connectivity index (χ3v) is 3.93. The van der Waals surface area contributed by atoms with E-state index in [-0.39, 0.29) is 5.91 Å². The summed E-state index contributed by atoms with van der Waals surface area (Å²) in [5, 5.41) is 2.95. The van der Waals surface area contributed by atoms with Gasteiger partial charge in [-0.2, -0.15) is 0 Å². The maximum absolute atomic E-state index is 12.1. The van der Waals surface area contributed by atoms with E-state index in [2.05, 4.69) is 15.1 Å². The Kier molecular flexibility index (Phi) is 5.59. The highest BCUT2D eigenvalue weighted by Crippen LogP contribution is 2.17. The molecule has 21 heavy (non-hydrogen) atoms. The van der Waals surface area contributed by atoms with Crippen molar-refractivity contribution in [2.24, 2.45) is 0 Å². The molecule has 0 saturated carbocycles. The molecule has 1 aromatic rings. The molecule has 1 fully saturated rings. The zero-order chi connectivity index (χ0) is 15.2. The van der Waals surface area contributed by atoms with Gasteiger partial charge in [0.1, 0.15) is 0 Å². The Morgan fingerprint density at radius 1 is 1.38 bits per heavy atom. The third kappa shape index (κ3) is 5.02. The zero-order valence-electron chi connectivity index (χ0n) is 13.1. The van der Waals surface area contributed by atoms with E-state index in [4.69, 9.17) is 5.73 Å². The average molecular weight is 290 g/mol. The number of benzene rings is 1. The number of aryl methyl sites for hydroxylation is 1.